The molecule has 0 aliphatic carbocycles. The number of benzene rings is 1. The molecule has 0 fully saturated rings. The van der Waals surface area contributed by atoms with E-state index in [1.54, 1.807) is 0 Å². The van der Waals surface area contributed by atoms with Gasteiger partial charge in [-0.25, -0.2) is 4.79 Å². The second-order valence-corrected chi connectivity index (χ2v) is 3.66. The molecule has 5 nitrogen and oxygen atoms in total. The second-order valence-electron chi connectivity index (χ2n) is 3.25. The molecule has 1 aromatic carbocycles. The quantitative estimate of drug-likeness (QED) is 0.818. The van der Waals surface area contributed by atoms with Gasteiger partial charge in [0.25, 0.3) is 0 Å². The number of hydrogen-bond donors (Lipinski definition) is 1. The maximum atomic E-state index is 10.7. The molecule has 0 spiro atoms. The lowest BCUT2D eigenvalue weighted by Crippen LogP contribution is -2.23. The van der Waals surface area contributed by atoms with Gasteiger partial charge in [0, 0.05) is 5.56 Å². The van der Waals surface area contributed by atoms with Gasteiger partial charge >= 0.3 is 5.97 Å². The summed E-state index contributed by atoms with van der Waals surface area (Å²) in [5, 5.41) is 8.86. The number of halogens is 1. The fraction of sp³-hybridized carbons (Fsp3) is 0.273. The molecular formula is C11H11ClO5. The molecule has 1 atom stereocenters. The Balaban J connectivity index is 3.13. The van der Waals surface area contributed by atoms with E-state index in [0.717, 1.165) is 0 Å². The van der Waals surface area contributed by atoms with Crippen molar-refractivity contribution in [1.29, 1.82) is 0 Å². The van der Waals surface area contributed by atoms with E-state index < -0.39 is 12.1 Å². The standard InChI is InChI=1S/C11H11ClO5/c1-6(11(14)15)17-10-8(12)3-7(5-13)4-9(10)16-2/h3-6H,1-2H3,(H,14,15)/t6-/m1/s1. The van der Waals surface area contributed by atoms with E-state index in [9.17, 15) is 9.59 Å². The van der Waals surface area contributed by atoms with Gasteiger partial charge in [-0.1, -0.05) is 11.6 Å². The fourth-order valence-electron chi connectivity index (χ4n) is 1.15. The Morgan fingerprint density at radius 1 is 1.53 bits per heavy atom. The molecule has 0 radical (unpaired) electrons. The van der Waals surface area contributed by atoms with Crippen molar-refractivity contribution in [2.24, 2.45) is 0 Å². The van der Waals surface area contributed by atoms with E-state index in [0.29, 0.717) is 11.8 Å². The van der Waals surface area contributed by atoms with Crippen molar-refractivity contribution in [1.82, 2.24) is 0 Å². The molecule has 1 N–H and O–H groups in total. The molecule has 0 saturated carbocycles. The summed E-state index contributed by atoms with van der Waals surface area (Å²) in [5.41, 5.74) is 0.321. The van der Waals surface area contributed by atoms with Gasteiger partial charge in [0.1, 0.15) is 6.29 Å². The number of aldehydes is 1. The van der Waals surface area contributed by atoms with Crippen LogP contribution in [-0.2, 0) is 4.79 Å². The number of carbonyl (C=O) groups excluding carboxylic acids is 1. The number of hydrogen-bond acceptors (Lipinski definition) is 4. The van der Waals surface area contributed by atoms with Crippen molar-refractivity contribution < 1.29 is 24.2 Å². The average molecular weight is 259 g/mol. The summed E-state index contributed by atoms with van der Waals surface area (Å²) >= 11 is 5.88. The van der Waals surface area contributed by atoms with Crippen LogP contribution in [0, 0.1) is 0 Å². The van der Waals surface area contributed by atoms with E-state index in [2.05, 4.69) is 0 Å². The Bertz CT molecular complexity index is 444. The Hall–Kier alpha value is -1.75. The summed E-state index contributed by atoms with van der Waals surface area (Å²) in [6.45, 7) is 1.37. The third kappa shape index (κ3) is 3.10. The van der Waals surface area contributed by atoms with E-state index in [1.165, 1.54) is 26.2 Å². The van der Waals surface area contributed by atoms with Crippen LogP contribution in [0.4, 0.5) is 0 Å². The summed E-state index contributed by atoms with van der Waals surface area (Å²) < 4.78 is 10.1. The van der Waals surface area contributed by atoms with E-state index in [1.807, 2.05) is 0 Å². The third-order valence-corrected chi connectivity index (χ3v) is 2.31. The average Bonchev–Trinajstić information content (AvgIpc) is 2.30. The molecule has 6 heteroatoms. The fourth-order valence-corrected chi connectivity index (χ4v) is 1.41. The van der Waals surface area contributed by atoms with Gasteiger partial charge in [-0.2, -0.15) is 0 Å². The zero-order chi connectivity index (χ0) is 13.0. The van der Waals surface area contributed by atoms with Gasteiger partial charge in [-0.15, -0.1) is 0 Å². The molecule has 0 aliphatic rings. The van der Waals surface area contributed by atoms with E-state index in [4.69, 9.17) is 26.2 Å². The van der Waals surface area contributed by atoms with Crippen LogP contribution in [0.3, 0.4) is 0 Å². The predicted octanol–water partition coefficient (Wildman–Crippen LogP) is 2.01. The first-order valence-corrected chi connectivity index (χ1v) is 5.09. The highest BCUT2D eigenvalue weighted by Gasteiger charge is 2.18. The van der Waals surface area contributed by atoms with Crippen molar-refractivity contribution in [2.45, 2.75) is 13.0 Å². The highest BCUT2D eigenvalue weighted by Crippen LogP contribution is 2.36. The molecule has 1 rings (SSSR count). The van der Waals surface area contributed by atoms with Gasteiger partial charge < -0.3 is 14.6 Å². The number of aliphatic carboxylic acids is 1. The van der Waals surface area contributed by atoms with Crippen molar-refractivity contribution >= 4 is 23.9 Å². The van der Waals surface area contributed by atoms with Crippen LogP contribution < -0.4 is 9.47 Å². The first-order valence-electron chi connectivity index (χ1n) is 4.71. The maximum Gasteiger partial charge on any atom is 0.344 e. The predicted molar refractivity (Wildman–Crippen MR) is 61.1 cm³/mol. The molecule has 0 bridgehead atoms. The maximum absolute atomic E-state index is 10.7. The highest BCUT2D eigenvalue weighted by atomic mass is 35.5. The minimum Gasteiger partial charge on any atom is -0.493 e. The lowest BCUT2D eigenvalue weighted by Gasteiger charge is -2.15. The molecular weight excluding hydrogens is 248 g/mol. The van der Waals surface area contributed by atoms with Gasteiger partial charge in [0.2, 0.25) is 0 Å². The molecule has 0 amide bonds. The lowest BCUT2D eigenvalue weighted by atomic mass is 10.2. The monoisotopic (exact) mass is 258 g/mol. The summed E-state index contributed by atoms with van der Waals surface area (Å²) in [6, 6.07) is 2.80. The SMILES string of the molecule is COc1cc(C=O)cc(Cl)c1O[C@H](C)C(=O)O. The van der Waals surface area contributed by atoms with Crippen molar-refractivity contribution in [3.63, 3.8) is 0 Å². The molecule has 0 aliphatic heterocycles. The van der Waals surface area contributed by atoms with Crippen LogP contribution in [0.2, 0.25) is 5.02 Å². The first-order chi connectivity index (χ1) is 7.99. The van der Waals surface area contributed by atoms with Crippen molar-refractivity contribution in [2.75, 3.05) is 7.11 Å². The summed E-state index contributed by atoms with van der Waals surface area (Å²) in [5.74, 6) is -0.801. The largest absolute Gasteiger partial charge is 0.493 e. The summed E-state index contributed by atoms with van der Waals surface area (Å²) in [4.78, 5) is 21.3. The van der Waals surface area contributed by atoms with Crippen LogP contribution in [0.1, 0.15) is 17.3 Å². The zero-order valence-corrected chi connectivity index (χ0v) is 10.0. The molecule has 0 heterocycles. The lowest BCUT2D eigenvalue weighted by molar-refractivity contribution is -0.144. The minimum atomic E-state index is -1.12. The van der Waals surface area contributed by atoms with E-state index in [-0.39, 0.29) is 16.5 Å². The Kier molecular flexibility index (Phi) is 4.34. The number of rotatable bonds is 5. The van der Waals surface area contributed by atoms with Crippen molar-refractivity contribution in [3.05, 3.63) is 22.7 Å². The molecule has 1 aromatic rings. The number of carboxylic acid groups (broad SMARTS) is 1. The zero-order valence-electron chi connectivity index (χ0n) is 9.27. The van der Waals surface area contributed by atoms with Crippen LogP contribution in [0.15, 0.2) is 12.1 Å². The number of carboxylic acids is 1. The molecule has 0 aromatic heterocycles. The van der Waals surface area contributed by atoms with Gasteiger partial charge in [0.05, 0.1) is 12.1 Å². The molecule has 92 valence electrons. The molecule has 0 saturated heterocycles. The normalized spacial score (nSPS) is 11.7. The number of methoxy groups -OCH3 is 1. The van der Waals surface area contributed by atoms with Crippen LogP contribution in [0.5, 0.6) is 11.5 Å². The Morgan fingerprint density at radius 3 is 2.65 bits per heavy atom. The van der Waals surface area contributed by atoms with E-state index >= 15 is 0 Å². The second kappa shape index (κ2) is 5.54. The van der Waals surface area contributed by atoms with Crippen LogP contribution in [-0.4, -0.2) is 30.6 Å². The number of carbonyl (C=O) groups is 2. The highest BCUT2D eigenvalue weighted by molar-refractivity contribution is 6.32. The Labute approximate surface area is 103 Å². The molecule has 0 unspecified atom stereocenters. The number of ether oxygens (including phenoxy) is 2. The summed E-state index contributed by atoms with van der Waals surface area (Å²) in [7, 11) is 1.37. The topological polar surface area (TPSA) is 72.8 Å². The van der Waals surface area contributed by atoms with Gasteiger partial charge in [-0.3, -0.25) is 4.79 Å². The summed E-state index contributed by atoms with van der Waals surface area (Å²) in [6.07, 6.45) is -0.456. The minimum absolute atomic E-state index is 0.106. The first kappa shape index (κ1) is 13.3. The third-order valence-electron chi connectivity index (χ3n) is 2.03. The van der Waals surface area contributed by atoms with Crippen LogP contribution in [0.25, 0.3) is 0 Å². The van der Waals surface area contributed by atoms with Gasteiger partial charge in [-0.05, 0) is 19.1 Å². The smallest absolute Gasteiger partial charge is 0.344 e. The van der Waals surface area contributed by atoms with Crippen LogP contribution >= 0.6 is 11.6 Å². The molecule has 17 heavy (non-hydrogen) atoms. The Morgan fingerprint density at radius 2 is 2.18 bits per heavy atom. The van der Waals surface area contributed by atoms with Gasteiger partial charge in [0.15, 0.2) is 17.6 Å². The van der Waals surface area contributed by atoms with Crippen molar-refractivity contribution in [3.8, 4) is 11.5 Å².